The molecular formula is C24H33N3O3S. The molecule has 0 unspecified atom stereocenters. The van der Waals surface area contributed by atoms with Gasteiger partial charge in [0, 0.05) is 50.0 Å². The Morgan fingerprint density at radius 2 is 1.97 bits per heavy atom. The van der Waals surface area contributed by atoms with Crippen molar-refractivity contribution in [2.45, 2.75) is 19.9 Å². The van der Waals surface area contributed by atoms with Crippen LogP contribution in [-0.2, 0) is 11.3 Å². The quantitative estimate of drug-likeness (QED) is 0.557. The molecule has 0 atom stereocenters. The van der Waals surface area contributed by atoms with Gasteiger partial charge in [-0.2, -0.15) is 0 Å². The normalized spacial score (nSPS) is 14.1. The standard InChI is InChI=1S/C24H33N3O3S/c1-3-30-23-11-5-4-8-20(23)19-27(13-7-12-26-14-16-29-17-15-26)24(31)25-21-9-6-10-22(18-21)28-2/h4-6,8-11,18H,3,7,12-17,19H2,1-2H3,(H,25,31). The molecule has 1 fully saturated rings. The molecule has 0 spiro atoms. The second kappa shape index (κ2) is 12.5. The first-order chi connectivity index (χ1) is 15.2. The summed E-state index contributed by atoms with van der Waals surface area (Å²) in [5.74, 6) is 1.71. The predicted octanol–water partition coefficient (Wildman–Crippen LogP) is 4.02. The summed E-state index contributed by atoms with van der Waals surface area (Å²) in [4.78, 5) is 4.67. The number of thiocarbonyl (C=S) groups is 1. The van der Waals surface area contributed by atoms with Crippen LogP contribution in [0.2, 0.25) is 0 Å². The van der Waals surface area contributed by atoms with E-state index in [1.54, 1.807) is 7.11 Å². The number of benzene rings is 2. The maximum absolute atomic E-state index is 5.84. The van der Waals surface area contributed by atoms with Crippen molar-refractivity contribution in [1.82, 2.24) is 9.80 Å². The van der Waals surface area contributed by atoms with Crippen LogP contribution in [-0.4, -0.2) is 68.0 Å². The van der Waals surface area contributed by atoms with Crippen LogP contribution in [0.15, 0.2) is 48.5 Å². The maximum atomic E-state index is 5.84. The molecule has 1 aliphatic heterocycles. The molecule has 0 saturated carbocycles. The van der Waals surface area contributed by atoms with E-state index in [4.69, 9.17) is 26.4 Å². The Hall–Kier alpha value is -2.35. The Morgan fingerprint density at radius 3 is 2.74 bits per heavy atom. The second-order valence-electron chi connectivity index (χ2n) is 7.43. The van der Waals surface area contributed by atoms with E-state index in [1.165, 1.54) is 0 Å². The Balaban J connectivity index is 1.68. The highest BCUT2D eigenvalue weighted by Gasteiger charge is 2.16. The molecule has 0 radical (unpaired) electrons. The first kappa shape index (κ1) is 23.3. The monoisotopic (exact) mass is 443 g/mol. The minimum atomic E-state index is 0.639. The molecule has 0 bridgehead atoms. The number of hydrogen-bond donors (Lipinski definition) is 1. The summed E-state index contributed by atoms with van der Waals surface area (Å²) in [7, 11) is 1.67. The van der Waals surface area contributed by atoms with Crippen LogP contribution in [0.25, 0.3) is 0 Å². The van der Waals surface area contributed by atoms with Crippen molar-refractivity contribution in [3.8, 4) is 11.5 Å². The molecule has 1 heterocycles. The fraction of sp³-hybridized carbons (Fsp3) is 0.458. The number of morpholine rings is 1. The van der Waals surface area contributed by atoms with Crippen LogP contribution in [0.4, 0.5) is 5.69 Å². The molecular weight excluding hydrogens is 410 g/mol. The minimum absolute atomic E-state index is 0.639. The van der Waals surface area contributed by atoms with E-state index in [-0.39, 0.29) is 0 Å². The summed E-state index contributed by atoms with van der Waals surface area (Å²) in [6, 6.07) is 16.0. The van der Waals surface area contributed by atoms with E-state index in [9.17, 15) is 0 Å². The highest BCUT2D eigenvalue weighted by atomic mass is 32.1. The lowest BCUT2D eigenvalue weighted by Crippen LogP contribution is -2.40. The van der Waals surface area contributed by atoms with Crippen LogP contribution in [0, 0.1) is 0 Å². The molecule has 0 aromatic heterocycles. The second-order valence-corrected chi connectivity index (χ2v) is 7.82. The van der Waals surface area contributed by atoms with Gasteiger partial charge < -0.3 is 24.4 Å². The average Bonchev–Trinajstić information content (AvgIpc) is 2.80. The van der Waals surface area contributed by atoms with Gasteiger partial charge in [-0.05, 0) is 43.8 Å². The third-order valence-corrected chi connectivity index (χ3v) is 5.61. The van der Waals surface area contributed by atoms with Gasteiger partial charge in [-0.3, -0.25) is 4.90 Å². The summed E-state index contributed by atoms with van der Waals surface area (Å²) in [6.07, 6.45) is 1.02. The highest BCUT2D eigenvalue weighted by Crippen LogP contribution is 2.22. The van der Waals surface area contributed by atoms with Gasteiger partial charge >= 0.3 is 0 Å². The highest BCUT2D eigenvalue weighted by molar-refractivity contribution is 7.80. The number of nitrogens with zero attached hydrogens (tertiary/aromatic N) is 2. The predicted molar refractivity (Wildman–Crippen MR) is 129 cm³/mol. The lowest BCUT2D eigenvalue weighted by molar-refractivity contribution is 0.0367. The number of hydrogen-bond acceptors (Lipinski definition) is 5. The van der Waals surface area contributed by atoms with Gasteiger partial charge in [-0.25, -0.2) is 0 Å². The van der Waals surface area contributed by atoms with Gasteiger partial charge in [0.1, 0.15) is 11.5 Å². The van der Waals surface area contributed by atoms with Crippen molar-refractivity contribution in [2.24, 2.45) is 0 Å². The van der Waals surface area contributed by atoms with E-state index in [2.05, 4.69) is 21.2 Å². The van der Waals surface area contributed by atoms with Gasteiger partial charge in [-0.1, -0.05) is 24.3 Å². The zero-order valence-electron chi connectivity index (χ0n) is 18.5. The van der Waals surface area contributed by atoms with Crippen LogP contribution in [0.5, 0.6) is 11.5 Å². The largest absolute Gasteiger partial charge is 0.497 e. The maximum Gasteiger partial charge on any atom is 0.173 e. The number of para-hydroxylation sites is 1. The molecule has 7 heteroatoms. The summed E-state index contributed by atoms with van der Waals surface area (Å²) < 4.78 is 16.6. The smallest absolute Gasteiger partial charge is 0.173 e. The van der Waals surface area contributed by atoms with Gasteiger partial charge in [0.15, 0.2) is 5.11 Å². The molecule has 168 valence electrons. The lowest BCUT2D eigenvalue weighted by atomic mass is 10.2. The van der Waals surface area contributed by atoms with Crippen LogP contribution >= 0.6 is 12.2 Å². The SMILES string of the molecule is CCOc1ccccc1CN(CCCN1CCOCC1)C(=S)Nc1cccc(OC)c1. The molecule has 6 nitrogen and oxygen atoms in total. The Bertz CT molecular complexity index is 827. The van der Waals surface area contributed by atoms with E-state index in [0.717, 1.165) is 68.6 Å². The number of rotatable bonds is 10. The van der Waals surface area contributed by atoms with E-state index < -0.39 is 0 Å². The first-order valence-electron chi connectivity index (χ1n) is 10.9. The van der Waals surface area contributed by atoms with Crippen LogP contribution < -0.4 is 14.8 Å². The zero-order chi connectivity index (χ0) is 21.9. The molecule has 1 aliphatic rings. The summed E-state index contributed by atoms with van der Waals surface area (Å²) in [6.45, 7) is 8.87. The molecule has 31 heavy (non-hydrogen) atoms. The molecule has 2 aromatic rings. The van der Waals surface area contributed by atoms with Crippen LogP contribution in [0.1, 0.15) is 18.9 Å². The van der Waals surface area contributed by atoms with Crippen molar-refractivity contribution >= 4 is 23.0 Å². The first-order valence-corrected chi connectivity index (χ1v) is 11.3. The van der Waals surface area contributed by atoms with Gasteiger partial charge in [0.2, 0.25) is 0 Å². The third-order valence-electron chi connectivity index (χ3n) is 5.25. The van der Waals surface area contributed by atoms with E-state index >= 15 is 0 Å². The van der Waals surface area contributed by atoms with Crippen molar-refractivity contribution in [3.63, 3.8) is 0 Å². The molecule has 1 N–H and O–H groups in total. The summed E-state index contributed by atoms with van der Waals surface area (Å²) in [5, 5.41) is 4.08. The Morgan fingerprint density at radius 1 is 1.16 bits per heavy atom. The lowest BCUT2D eigenvalue weighted by Gasteiger charge is -2.30. The Labute approximate surface area is 191 Å². The van der Waals surface area contributed by atoms with Crippen molar-refractivity contribution in [3.05, 3.63) is 54.1 Å². The fourth-order valence-corrected chi connectivity index (χ4v) is 3.88. The number of anilines is 1. The molecule has 3 rings (SSSR count). The van der Waals surface area contributed by atoms with Crippen molar-refractivity contribution < 1.29 is 14.2 Å². The molecule has 0 aliphatic carbocycles. The van der Waals surface area contributed by atoms with Crippen molar-refractivity contribution in [2.75, 3.05) is 58.4 Å². The third kappa shape index (κ3) is 7.38. The summed E-state index contributed by atoms with van der Waals surface area (Å²) in [5.41, 5.74) is 2.05. The minimum Gasteiger partial charge on any atom is -0.497 e. The van der Waals surface area contributed by atoms with Gasteiger partial charge in [0.25, 0.3) is 0 Å². The average molecular weight is 444 g/mol. The molecule has 0 amide bonds. The van der Waals surface area contributed by atoms with Gasteiger partial charge in [-0.15, -0.1) is 0 Å². The Kier molecular flexibility index (Phi) is 9.39. The number of ether oxygens (including phenoxy) is 3. The fourth-order valence-electron chi connectivity index (χ4n) is 3.60. The molecule has 2 aromatic carbocycles. The van der Waals surface area contributed by atoms with Crippen molar-refractivity contribution in [1.29, 1.82) is 0 Å². The zero-order valence-corrected chi connectivity index (χ0v) is 19.3. The van der Waals surface area contributed by atoms with Crippen LogP contribution in [0.3, 0.4) is 0 Å². The number of nitrogens with one attached hydrogen (secondary N) is 1. The topological polar surface area (TPSA) is 46.2 Å². The number of methoxy groups -OCH3 is 1. The summed E-state index contributed by atoms with van der Waals surface area (Å²) >= 11 is 5.81. The van der Waals surface area contributed by atoms with Gasteiger partial charge in [0.05, 0.1) is 26.9 Å². The molecule has 1 saturated heterocycles. The van der Waals surface area contributed by atoms with E-state index in [1.807, 2.05) is 49.4 Å². The van der Waals surface area contributed by atoms with E-state index in [0.29, 0.717) is 18.3 Å².